The highest BCUT2D eigenvalue weighted by atomic mass is 32.2. The van der Waals surface area contributed by atoms with Crippen LogP contribution in [0.2, 0.25) is 0 Å². The molecule has 0 bridgehead atoms. The SMILES string of the molecule is Cc1cc[n+]([O-])c(C)c1C(=O)NCCC(C)N1CCC(C2(c3ccc(S(C)(=O)=O)cc3)Cc3ccccc3O2)CC1. The third kappa shape index (κ3) is 5.83. The van der Waals surface area contributed by atoms with Crippen molar-refractivity contribution >= 4 is 15.7 Å². The van der Waals surface area contributed by atoms with Crippen molar-refractivity contribution in [2.75, 3.05) is 25.9 Å². The number of hydrogen-bond acceptors (Lipinski definition) is 6. The van der Waals surface area contributed by atoms with Crippen LogP contribution in [0, 0.1) is 25.0 Å². The fourth-order valence-electron chi connectivity index (χ4n) is 6.46. The van der Waals surface area contributed by atoms with E-state index in [2.05, 4.69) is 23.2 Å². The lowest BCUT2D eigenvalue weighted by atomic mass is 9.73. The predicted molar refractivity (Wildman–Crippen MR) is 158 cm³/mol. The summed E-state index contributed by atoms with van der Waals surface area (Å²) >= 11 is 0. The van der Waals surface area contributed by atoms with Crippen LogP contribution in [0.5, 0.6) is 5.75 Å². The minimum absolute atomic E-state index is 0.210. The van der Waals surface area contributed by atoms with Gasteiger partial charge in [-0.05, 0) is 81.1 Å². The number of nitrogens with zero attached hydrogens (tertiary/aromatic N) is 2. The van der Waals surface area contributed by atoms with E-state index >= 15 is 0 Å². The van der Waals surface area contributed by atoms with Crippen molar-refractivity contribution in [2.24, 2.45) is 5.92 Å². The molecule has 2 aliphatic heterocycles. The lowest BCUT2D eigenvalue weighted by Crippen LogP contribution is -2.48. The number of pyridine rings is 1. The van der Waals surface area contributed by atoms with Crippen molar-refractivity contribution in [1.82, 2.24) is 10.2 Å². The largest absolute Gasteiger partial charge is 0.618 e. The summed E-state index contributed by atoms with van der Waals surface area (Å²) < 4.78 is 31.7. The first-order valence-electron chi connectivity index (χ1n) is 14.3. The smallest absolute Gasteiger partial charge is 0.257 e. The molecular formula is C32H39N3O5S. The molecule has 0 aliphatic carbocycles. The number of carbonyl (C=O) groups is 1. The Hall–Kier alpha value is -3.43. The molecule has 5 rings (SSSR count). The number of para-hydroxylation sites is 1. The number of rotatable bonds is 8. The third-order valence-corrected chi connectivity index (χ3v) is 10.1. The molecule has 8 nitrogen and oxygen atoms in total. The van der Waals surface area contributed by atoms with E-state index in [1.54, 1.807) is 25.1 Å². The zero-order valence-electron chi connectivity index (χ0n) is 24.2. The molecule has 1 fully saturated rings. The van der Waals surface area contributed by atoms with Crippen LogP contribution in [0.3, 0.4) is 0 Å². The number of amides is 1. The second kappa shape index (κ2) is 11.4. The first-order valence-corrected chi connectivity index (χ1v) is 16.2. The van der Waals surface area contributed by atoms with Crippen molar-refractivity contribution in [2.45, 2.75) is 63.0 Å². The summed E-state index contributed by atoms with van der Waals surface area (Å²) in [6.07, 6.45) is 6.12. The van der Waals surface area contributed by atoms with Crippen LogP contribution in [0.15, 0.2) is 65.7 Å². The molecule has 2 aromatic carbocycles. The Bertz CT molecular complexity index is 1500. The van der Waals surface area contributed by atoms with Gasteiger partial charge >= 0.3 is 0 Å². The van der Waals surface area contributed by atoms with Gasteiger partial charge in [-0.25, -0.2) is 8.42 Å². The molecule has 0 radical (unpaired) electrons. The van der Waals surface area contributed by atoms with Gasteiger partial charge in [0.2, 0.25) is 5.69 Å². The standard InChI is InChI=1S/C32H39N3O5S/c1-22-14-20-35(37)24(3)30(22)31(36)33-17-13-23(2)34-18-15-27(16-19-34)32(21-25-7-5-6-8-29(25)40-32)26-9-11-28(12-10-26)41(4,38)39/h5-12,14,20,23,27H,13,15-19,21H2,1-4H3,(H,33,36). The van der Waals surface area contributed by atoms with Gasteiger partial charge in [0.05, 0.1) is 4.90 Å². The Balaban J connectivity index is 1.24. The van der Waals surface area contributed by atoms with E-state index in [0.29, 0.717) is 22.7 Å². The minimum Gasteiger partial charge on any atom is -0.618 e. The summed E-state index contributed by atoms with van der Waals surface area (Å²) in [6.45, 7) is 8.06. The molecule has 1 aromatic heterocycles. The summed E-state index contributed by atoms with van der Waals surface area (Å²) in [6, 6.07) is 17.3. The lowest BCUT2D eigenvalue weighted by Gasteiger charge is -2.44. The van der Waals surface area contributed by atoms with Gasteiger partial charge in [0.1, 0.15) is 16.9 Å². The monoisotopic (exact) mass is 577 g/mol. The maximum Gasteiger partial charge on any atom is 0.257 e. The molecule has 1 amide bonds. The predicted octanol–water partition coefficient (Wildman–Crippen LogP) is 4.09. The first kappa shape index (κ1) is 29.1. The van der Waals surface area contributed by atoms with E-state index in [1.165, 1.54) is 18.0 Å². The molecule has 2 atom stereocenters. The first-order chi connectivity index (χ1) is 19.5. The van der Waals surface area contributed by atoms with Crippen LogP contribution in [0.4, 0.5) is 0 Å². The van der Waals surface area contributed by atoms with Crippen LogP contribution >= 0.6 is 0 Å². The average Bonchev–Trinajstić information content (AvgIpc) is 3.36. The molecular weight excluding hydrogens is 538 g/mol. The van der Waals surface area contributed by atoms with E-state index in [-0.39, 0.29) is 17.9 Å². The zero-order chi connectivity index (χ0) is 29.4. The third-order valence-electron chi connectivity index (χ3n) is 8.92. The summed E-state index contributed by atoms with van der Waals surface area (Å²) in [5.41, 5.74) is 3.31. The number of aromatic nitrogens is 1. The molecule has 1 N–H and O–H groups in total. The van der Waals surface area contributed by atoms with Crippen molar-refractivity contribution in [3.63, 3.8) is 0 Å². The number of nitrogens with one attached hydrogen (secondary N) is 1. The average molecular weight is 578 g/mol. The molecule has 2 aliphatic rings. The quantitative estimate of drug-likeness (QED) is 0.320. The number of likely N-dealkylation sites (tertiary alicyclic amines) is 1. The topological polar surface area (TPSA) is 103 Å². The van der Waals surface area contributed by atoms with Crippen LogP contribution in [0.25, 0.3) is 0 Å². The van der Waals surface area contributed by atoms with Crippen LogP contribution < -0.4 is 14.8 Å². The molecule has 1 saturated heterocycles. The van der Waals surface area contributed by atoms with E-state index in [9.17, 15) is 18.4 Å². The number of hydrogen-bond donors (Lipinski definition) is 1. The van der Waals surface area contributed by atoms with Crippen molar-refractivity contribution < 1.29 is 22.7 Å². The number of aryl methyl sites for hydroxylation is 1. The van der Waals surface area contributed by atoms with Crippen LogP contribution in [-0.2, 0) is 21.9 Å². The van der Waals surface area contributed by atoms with Gasteiger partial charge in [-0.3, -0.25) is 4.79 Å². The maximum absolute atomic E-state index is 12.8. The fraction of sp³-hybridized carbons (Fsp3) is 0.438. The van der Waals surface area contributed by atoms with Gasteiger partial charge in [0.15, 0.2) is 16.0 Å². The van der Waals surface area contributed by atoms with Crippen molar-refractivity contribution in [3.05, 3.63) is 93.9 Å². The van der Waals surface area contributed by atoms with E-state index < -0.39 is 15.4 Å². The number of carbonyl (C=O) groups excluding carboxylic acids is 1. The Morgan fingerprint density at radius 1 is 1.12 bits per heavy atom. The summed E-state index contributed by atoms with van der Waals surface area (Å²) in [4.78, 5) is 15.6. The maximum atomic E-state index is 12.8. The Kier molecular flexibility index (Phi) is 8.12. The van der Waals surface area contributed by atoms with E-state index in [0.717, 1.165) is 60.4 Å². The molecule has 3 aromatic rings. The fourth-order valence-corrected chi connectivity index (χ4v) is 7.09. The molecule has 0 spiro atoms. The molecule has 3 heterocycles. The molecule has 2 unspecified atom stereocenters. The highest BCUT2D eigenvalue weighted by Gasteiger charge is 2.48. The van der Waals surface area contributed by atoms with E-state index in [4.69, 9.17) is 4.74 Å². The second-order valence-electron chi connectivity index (χ2n) is 11.6. The molecule has 41 heavy (non-hydrogen) atoms. The van der Waals surface area contributed by atoms with Gasteiger partial charge in [0.25, 0.3) is 5.91 Å². The van der Waals surface area contributed by atoms with Crippen molar-refractivity contribution in [3.8, 4) is 5.75 Å². The van der Waals surface area contributed by atoms with Crippen LogP contribution in [0.1, 0.15) is 58.9 Å². The number of benzene rings is 2. The Morgan fingerprint density at radius 3 is 2.46 bits per heavy atom. The van der Waals surface area contributed by atoms with Crippen LogP contribution in [-0.4, -0.2) is 51.2 Å². The summed E-state index contributed by atoms with van der Waals surface area (Å²) in [5.74, 6) is 0.959. The van der Waals surface area contributed by atoms with Gasteiger partial charge < -0.3 is 20.2 Å². The normalized spacial score (nSPS) is 20.3. The highest BCUT2D eigenvalue weighted by Crippen LogP contribution is 2.49. The molecule has 9 heteroatoms. The second-order valence-corrected chi connectivity index (χ2v) is 13.6. The highest BCUT2D eigenvalue weighted by molar-refractivity contribution is 7.90. The molecule has 218 valence electrons. The zero-order valence-corrected chi connectivity index (χ0v) is 25.0. The summed E-state index contributed by atoms with van der Waals surface area (Å²) in [7, 11) is -3.28. The Labute approximate surface area is 242 Å². The number of sulfone groups is 1. The number of ether oxygens (including phenoxy) is 1. The van der Waals surface area contributed by atoms with E-state index in [1.807, 2.05) is 37.3 Å². The van der Waals surface area contributed by atoms with Gasteiger partial charge in [-0.15, -0.1) is 0 Å². The van der Waals surface area contributed by atoms with Crippen molar-refractivity contribution in [1.29, 1.82) is 0 Å². The molecule has 0 saturated carbocycles. The van der Waals surface area contributed by atoms with Gasteiger partial charge in [-0.1, -0.05) is 30.3 Å². The summed E-state index contributed by atoms with van der Waals surface area (Å²) in [5, 5.41) is 14.9. The van der Waals surface area contributed by atoms with Gasteiger partial charge in [-0.2, -0.15) is 4.73 Å². The number of piperidine rings is 1. The number of fused-ring (bicyclic) bond motifs is 1. The van der Waals surface area contributed by atoms with Gasteiger partial charge in [0, 0.05) is 44.2 Å². The Morgan fingerprint density at radius 2 is 1.80 bits per heavy atom. The lowest BCUT2D eigenvalue weighted by molar-refractivity contribution is -0.612. The minimum atomic E-state index is -3.28.